The fourth-order valence-corrected chi connectivity index (χ4v) is 3.24. The van der Waals surface area contributed by atoms with E-state index in [-0.39, 0.29) is 0 Å². The summed E-state index contributed by atoms with van der Waals surface area (Å²) in [6.07, 6.45) is 3.52. The second-order valence-corrected chi connectivity index (χ2v) is 5.65. The second kappa shape index (κ2) is 4.84. The van der Waals surface area contributed by atoms with Gasteiger partial charge in [0.2, 0.25) is 0 Å². The molecule has 1 aliphatic carbocycles. The molecule has 1 N–H and O–H groups in total. The highest BCUT2D eigenvalue weighted by Gasteiger charge is 2.32. The lowest BCUT2D eigenvalue weighted by Gasteiger charge is -2.06. The molecule has 2 aliphatic rings. The van der Waals surface area contributed by atoms with Gasteiger partial charge in [-0.3, -0.25) is 0 Å². The van der Waals surface area contributed by atoms with Gasteiger partial charge in [0, 0.05) is 12.1 Å². The fourth-order valence-electron chi connectivity index (χ4n) is 3.24. The van der Waals surface area contributed by atoms with Crippen LogP contribution in [0.15, 0.2) is 48.5 Å². The van der Waals surface area contributed by atoms with Crippen molar-refractivity contribution in [2.45, 2.75) is 6.42 Å². The van der Waals surface area contributed by atoms with E-state index in [9.17, 15) is 0 Å². The highest BCUT2D eigenvalue weighted by molar-refractivity contribution is 5.67. The highest BCUT2D eigenvalue weighted by atomic mass is 15.1. The third-order valence-corrected chi connectivity index (χ3v) is 4.35. The number of nitrogens with zero attached hydrogens (tertiary/aromatic N) is 2. The molecular weight excluding hydrogens is 246 g/mol. The number of hydrogen-bond acceptors (Lipinski definition) is 3. The van der Waals surface area contributed by atoms with Gasteiger partial charge in [-0.25, -0.2) is 0 Å². The Morgan fingerprint density at radius 1 is 0.900 bits per heavy atom. The van der Waals surface area contributed by atoms with Crippen LogP contribution < -0.4 is 5.32 Å². The molecule has 20 heavy (non-hydrogen) atoms. The largest absolute Gasteiger partial charge is 0.316 e. The van der Waals surface area contributed by atoms with E-state index in [0.717, 1.165) is 42.4 Å². The van der Waals surface area contributed by atoms with Crippen LogP contribution in [0, 0.1) is 11.8 Å². The quantitative estimate of drug-likeness (QED) is 0.905. The molecule has 3 heteroatoms. The van der Waals surface area contributed by atoms with Crippen LogP contribution in [-0.4, -0.2) is 23.3 Å². The van der Waals surface area contributed by atoms with Crippen molar-refractivity contribution in [3.05, 3.63) is 54.2 Å². The Kier molecular flexibility index (Phi) is 2.85. The molecule has 1 fully saturated rings. The first-order valence-electron chi connectivity index (χ1n) is 7.21. The zero-order valence-corrected chi connectivity index (χ0v) is 11.3. The predicted molar refractivity (Wildman–Crippen MR) is 79.9 cm³/mol. The number of hydrogen-bond donors (Lipinski definition) is 1. The molecule has 3 nitrogen and oxygen atoms in total. The maximum Gasteiger partial charge on any atom is 0.0930 e. The Morgan fingerprint density at radius 3 is 2.45 bits per heavy atom. The van der Waals surface area contributed by atoms with Crippen LogP contribution in [0.2, 0.25) is 0 Å². The van der Waals surface area contributed by atoms with Gasteiger partial charge < -0.3 is 5.32 Å². The molecule has 2 atom stereocenters. The van der Waals surface area contributed by atoms with Crippen molar-refractivity contribution in [3.8, 4) is 11.3 Å². The lowest BCUT2D eigenvalue weighted by atomic mass is 9.99. The average molecular weight is 263 g/mol. The maximum atomic E-state index is 4.43. The average Bonchev–Trinajstić information content (AvgIpc) is 3.10. The monoisotopic (exact) mass is 263 g/mol. The summed E-state index contributed by atoms with van der Waals surface area (Å²) < 4.78 is 0. The van der Waals surface area contributed by atoms with Gasteiger partial charge in [0.25, 0.3) is 0 Å². The van der Waals surface area contributed by atoms with Crippen LogP contribution in [0.1, 0.15) is 12.1 Å². The smallest absolute Gasteiger partial charge is 0.0930 e. The normalized spacial score (nSPS) is 24.5. The number of allylic oxidation sites excluding steroid dienone is 1. The zero-order chi connectivity index (χ0) is 13.4. The molecule has 0 radical (unpaired) electrons. The molecule has 0 spiro atoms. The Bertz CT molecular complexity index is 631. The summed E-state index contributed by atoms with van der Waals surface area (Å²) in [6.45, 7) is 2.25. The van der Waals surface area contributed by atoms with Crippen LogP contribution in [0.3, 0.4) is 0 Å². The summed E-state index contributed by atoms with van der Waals surface area (Å²) in [5, 5.41) is 12.3. The molecule has 0 bridgehead atoms. The topological polar surface area (TPSA) is 37.8 Å². The van der Waals surface area contributed by atoms with Gasteiger partial charge >= 0.3 is 0 Å². The minimum Gasteiger partial charge on any atom is -0.316 e. The van der Waals surface area contributed by atoms with Gasteiger partial charge in [0.05, 0.1) is 11.4 Å². The number of aromatic nitrogens is 2. The van der Waals surface area contributed by atoms with Crippen molar-refractivity contribution in [2.75, 3.05) is 13.1 Å². The van der Waals surface area contributed by atoms with Gasteiger partial charge in [-0.15, -0.1) is 5.10 Å². The predicted octanol–water partition coefficient (Wildman–Crippen LogP) is 2.77. The van der Waals surface area contributed by atoms with Crippen LogP contribution in [0.25, 0.3) is 16.8 Å². The minimum absolute atomic E-state index is 0.695. The molecule has 1 aromatic heterocycles. The molecule has 2 heterocycles. The van der Waals surface area contributed by atoms with E-state index in [1.54, 1.807) is 0 Å². The third kappa shape index (κ3) is 2.04. The van der Waals surface area contributed by atoms with E-state index in [1.807, 2.05) is 18.2 Å². The van der Waals surface area contributed by atoms with Crippen LogP contribution in [-0.2, 0) is 0 Å². The molecule has 100 valence electrons. The second-order valence-electron chi connectivity index (χ2n) is 5.65. The first-order valence-corrected chi connectivity index (χ1v) is 7.21. The van der Waals surface area contributed by atoms with E-state index < -0.39 is 0 Å². The summed E-state index contributed by atoms with van der Waals surface area (Å²) in [4.78, 5) is 0. The Morgan fingerprint density at radius 2 is 1.70 bits per heavy atom. The summed E-state index contributed by atoms with van der Waals surface area (Å²) in [6, 6.07) is 14.4. The molecule has 0 amide bonds. The number of nitrogens with one attached hydrogen (secondary N) is 1. The van der Waals surface area contributed by atoms with Gasteiger partial charge in [-0.2, -0.15) is 5.10 Å². The van der Waals surface area contributed by atoms with E-state index in [4.69, 9.17) is 0 Å². The van der Waals surface area contributed by atoms with Gasteiger partial charge in [-0.05, 0) is 42.5 Å². The summed E-state index contributed by atoms with van der Waals surface area (Å²) in [5.74, 6) is 1.46. The third-order valence-electron chi connectivity index (χ3n) is 4.35. The molecule has 4 rings (SSSR count). The van der Waals surface area contributed by atoms with E-state index >= 15 is 0 Å². The minimum atomic E-state index is 0.695. The lowest BCUT2D eigenvalue weighted by Crippen LogP contribution is -2.09. The number of rotatable bonds is 2. The highest BCUT2D eigenvalue weighted by Crippen LogP contribution is 2.37. The van der Waals surface area contributed by atoms with Gasteiger partial charge in [0.15, 0.2) is 0 Å². The molecule has 1 aromatic carbocycles. The number of fused-ring (bicyclic) bond motifs is 1. The lowest BCUT2D eigenvalue weighted by molar-refractivity contribution is 0.536. The van der Waals surface area contributed by atoms with Crippen LogP contribution in [0.4, 0.5) is 0 Å². The SMILES string of the molecule is C1=C(c2ccc(-c3ccccc3)nn2)C[C@@H]2CNC[C@H]12. The molecule has 0 saturated carbocycles. The van der Waals surface area contributed by atoms with Crippen molar-refractivity contribution in [3.63, 3.8) is 0 Å². The molecular formula is C17H17N3. The summed E-state index contributed by atoms with van der Waals surface area (Å²) in [7, 11) is 0. The van der Waals surface area contributed by atoms with Crippen LogP contribution >= 0.6 is 0 Å². The van der Waals surface area contributed by atoms with Crippen molar-refractivity contribution in [2.24, 2.45) is 11.8 Å². The van der Waals surface area contributed by atoms with Gasteiger partial charge in [0.1, 0.15) is 0 Å². The molecule has 0 unspecified atom stereocenters. The van der Waals surface area contributed by atoms with Crippen molar-refractivity contribution >= 4 is 5.57 Å². The first kappa shape index (κ1) is 11.8. The van der Waals surface area contributed by atoms with Gasteiger partial charge in [-0.1, -0.05) is 36.4 Å². The van der Waals surface area contributed by atoms with Crippen LogP contribution in [0.5, 0.6) is 0 Å². The molecule has 1 aliphatic heterocycles. The van der Waals surface area contributed by atoms with E-state index in [0.29, 0.717) is 5.92 Å². The summed E-state index contributed by atoms with van der Waals surface area (Å²) in [5.41, 5.74) is 4.47. The number of benzene rings is 1. The Labute approximate surface area is 118 Å². The molecule has 1 saturated heterocycles. The first-order chi connectivity index (χ1) is 9.90. The zero-order valence-electron chi connectivity index (χ0n) is 11.3. The standard InChI is InChI=1S/C17H17N3/c1-2-4-12(5-3-1)16-6-7-17(20-19-16)13-8-14-10-18-11-15(14)9-13/h1-8,14-15,18H,9-11H2/t14-,15+/m0/s1. The van der Waals surface area contributed by atoms with E-state index in [1.165, 1.54) is 5.57 Å². The van der Waals surface area contributed by atoms with E-state index in [2.05, 4.69) is 45.9 Å². The van der Waals surface area contributed by atoms with Crippen molar-refractivity contribution < 1.29 is 0 Å². The summed E-state index contributed by atoms with van der Waals surface area (Å²) >= 11 is 0. The van der Waals surface area contributed by atoms with Crippen molar-refractivity contribution in [1.29, 1.82) is 0 Å². The molecule has 2 aromatic rings. The Balaban J connectivity index is 1.59. The Hall–Kier alpha value is -2.00. The van der Waals surface area contributed by atoms with Crippen molar-refractivity contribution in [1.82, 2.24) is 15.5 Å². The maximum absolute atomic E-state index is 4.43. The fraction of sp³-hybridized carbons (Fsp3) is 0.294.